The van der Waals surface area contributed by atoms with Crippen LogP contribution in [-0.4, -0.2) is 53.1 Å². The van der Waals surface area contributed by atoms with Gasteiger partial charge in [0.1, 0.15) is 0 Å². The number of anilines is 1. The van der Waals surface area contributed by atoms with Crippen LogP contribution in [0.3, 0.4) is 0 Å². The van der Waals surface area contributed by atoms with Gasteiger partial charge in [0.15, 0.2) is 5.82 Å². The molecule has 1 fully saturated rings. The molecule has 3 heterocycles. The first kappa shape index (κ1) is 13.4. The number of imidazole rings is 1. The maximum Gasteiger partial charge on any atom is 0.154 e. The standard InChI is InChI=1S/C17H21N5/c1-12-10-13(22-8-6-21(2)7-9-22)11-15-16(12)20-17(19-15)14-4-3-5-18-14/h3-5,10-11,18H,6-9H2,1-2H3,(H,19,20). The van der Waals surface area contributed by atoms with Gasteiger partial charge in [0.2, 0.25) is 0 Å². The highest BCUT2D eigenvalue weighted by molar-refractivity contribution is 5.85. The van der Waals surface area contributed by atoms with E-state index in [9.17, 15) is 0 Å². The van der Waals surface area contributed by atoms with Crippen molar-refractivity contribution in [2.75, 3.05) is 38.1 Å². The van der Waals surface area contributed by atoms with E-state index in [0.717, 1.165) is 48.7 Å². The van der Waals surface area contributed by atoms with Crippen molar-refractivity contribution in [3.63, 3.8) is 0 Å². The van der Waals surface area contributed by atoms with Gasteiger partial charge in [-0.15, -0.1) is 0 Å². The number of hydrogen-bond donors (Lipinski definition) is 2. The predicted molar refractivity (Wildman–Crippen MR) is 90.3 cm³/mol. The van der Waals surface area contributed by atoms with Crippen LogP contribution in [0.25, 0.3) is 22.6 Å². The van der Waals surface area contributed by atoms with Crippen LogP contribution < -0.4 is 4.90 Å². The number of hydrogen-bond acceptors (Lipinski definition) is 3. The molecule has 2 aromatic heterocycles. The predicted octanol–water partition coefficient (Wildman–Crippen LogP) is 2.62. The van der Waals surface area contributed by atoms with Crippen molar-refractivity contribution in [3.8, 4) is 11.5 Å². The summed E-state index contributed by atoms with van der Waals surface area (Å²) in [5, 5.41) is 0. The number of aromatic nitrogens is 3. The molecule has 3 aromatic rings. The highest BCUT2D eigenvalue weighted by Gasteiger charge is 2.16. The number of aromatic amines is 2. The van der Waals surface area contributed by atoms with Gasteiger partial charge >= 0.3 is 0 Å². The zero-order chi connectivity index (χ0) is 15.1. The van der Waals surface area contributed by atoms with E-state index in [2.05, 4.69) is 45.9 Å². The number of aryl methyl sites for hydroxylation is 1. The third-order valence-electron chi connectivity index (χ3n) is 4.48. The molecule has 114 valence electrons. The molecule has 0 atom stereocenters. The minimum Gasteiger partial charge on any atom is -0.369 e. The first-order valence-corrected chi connectivity index (χ1v) is 7.78. The number of fused-ring (bicyclic) bond motifs is 1. The first-order valence-electron chi connectivity index (χ1n) is 7.78. The molecule has 0 bridgehead atoms. The summed E-state index contributed by atoms with van der Waals surface area (Å²) in [4.78, 5) is 16.2. The summed E-state index contributed by atoms with van der Waals surface area (Å²) in [6.07, 6.45) is 1.92. The number of nitrogens with one attached hydrogen (secondary N) is 2. The van der Waals surface area contributed by atoms with Crippen LogP contribution in [-0.2, 0) is 0 Å². The van der Waals surface area contributed by atoms with Gasteiger partial charge in [0.25, 0.3) is 0 Å². The van der Waals surface area contributed by atoms with Crippen LogP contribution >= 0.6 is 0 Å². The lowest BCUT2D eigenvalue weighted by molar-refractivity contribution is 0.313. The van der Waals surface area contributed by atoms with Gasteiger partial charge in [-0.3, -0.25) is 0 Å². The Kier molecular flexibility index (Phi) is 3.15. The van der Waals surface area contributed by atoms with Crippen LogP contribution in [0.15, 0.2) is 30.5 Å². The molecule has 4 rings (SSSR count). The average molecular weight is 295 g/mol. The molecule has 0 aliphatic carbocycles. The van der Waals surface area contributed by atoms with E-state index in [0.29, 0.717) is 0 Å². The van der Waals surface area contributed by atoms with Crippen molar-refractivity contribution in [2.45, 2.75) is 6.92 Å². The molecule has 0 unspecified atom stereocenters. The largest absolute Gasteiger partial charge is 0.369 e. The minimum atomic E-state index is 0.902. The molecule has 1 aromatic carbocycles. The van der Waals surface area contributed by atoms with Gasteiger partial charge in [-0.1, -0.05) is 0 Å². The third-order valence-corrected chi connectivity index (χ3v) is 4.48. The van der Waals surface area contributed by atoms with Gasteiger partial charge in [0.05, 0.1) is 16.7 Å². The first-order chi connectivity index (χ1) is 10.7. The van der Waals surface area contributed by atoms with Gasteiger partial charge < -0.3 is 19.8 Å². The Hall–Kier alpha value is -2.27. The van der Waals surface area contributed by atoms with E-state index in [1.165, 1.54) is 11.3 Å². The second-order valence-electron chi connectivity index (χ2n) is 6.12. The molecule has 0 spiro atoms. The van der Waals surface area contributed by atoms with Crippen molar-refractivity contribution >= 4 is 16.7 Å². The summed E-state index contributed by atoms with van der Waals surface area (Å²) in [6.45, 7) is 6.54. The van der Waals surface area contributed by atoms with Gasteiger partial charge in [-0.2, -0.15) is 0 Å². The Bertz CT molecular complexity index is 779. The number of piperazine rings is 1. The van der Waals surface area contributed by atoms with Crippen molar-refractivity contribution in [2.24, 2.45) is 0 Å². The Morgan fingerprint density at radius 2 is 1.95 bits per heavy atom. The fraction of sp³-hybridized carbons (Fsp3) is 0.353. The normalized spacial score (nSPS) is 16.5. The van der Waals surface area contributed by atoms with Gasteiger partial charge in [0, 0.05) is 38.1 Å². The molecule has 5 nitrogen and oxygen atoms in total. The zero-order valence-corrected chi connectivity index (χ0v) is 13.1. The minimum absolute atomic E-state index is 0.902. The lowest BCUT2D eigenvalue weighted by Gasteiger charge is -2.34. The van der Waals surface area contributed by atoms with Crippen LogP contribution in [0, 0.1) is 6.92 Å². The summed E-state index contributed by atoms with van der Waals surface area (Å²) >= 11 is 0. The lowest BCUT2D eigenvalue weighted by Crippen LogP contribution is -2.44. The monoisotopic (exact) mass is 295 g/mol. The molecule has 1 aliphatic rings. The highest BCUT2D eigenvalue weighted by atomic mass is 15.2. The highest BCUT2D eigenvalue weighted by Crippen LogP contribution is 2.27. The molecule has 1 saturated heterocycles. The quantitative estimate of drug-likeness (QED) is 0.764. The van der Waals surface area contributed by atoms with E-state index < -0.39 is 0 Å². The maximum absolute atomic E-state index is 4.74. The third kappa shape index (κ3) is 2.27. The molecular formula is C17H21N5. The SMILES string of the molecule is Cc1cc(N2CCN(C)CC2)cc2[nH]c(-c3ccc[nH]3)nc12. The van der Waals surface area contributed by atoms with Crippen molar-refractivity contribution < 1.29 is 0 Å². The smallest absolute Gasteiger partial charge is 0.154 e. The Morgan fingerprint density at radius 1 is 1.14 bits per heavy atom. The fourth-order valence-corrected chi connectivity index (χ4v) is 3.12. The molecule has 0 radical (unpaired) electrons. The van der Waals surface area contributed by atoms with E-state index >= 15 is 0 Å². The van der Waals surface area contributed by atoms with Gasteiger partial charge in [-0.25, -0.2) is 4.98 Å². The maximum atomic E-state index is 4.74. The van der Waals surface area contributed by atoms with E-state index in [4.69, 9.17) is 4.98 Å². The van der Waals surface area contributed by atoms with Gasteiger partial charge in [-0.05, 0) is 43.8 Å². The summed E-state index contributed by atoms with van der Waals surface area (Å²) in [6, 6.07) is 8.51. The van der Waals surface area contributed by atoms with Crippen LogP contribution in [0.1, 0.15) is 5.56 Å². The van der Waals surface area contributed by atoms with Crippen LogP contribution in [0.5, 0.6) is 0 Å². The molecule has 22 heavy (non-hydrogen) atoms. The molecule has 0 saturated carbocycles. The summed E-state index contributed by atoms with van der Waals surface area (Å²) in [5.41, 5.74) is 5.71. The number of benzene rings is 1. The molecule has 2 N–H and O–H groups in total. The Labute approximate surface area is 130 Å². The average Bonchev–Trinajstić information content (AvgIpc) is 3.17. The zero-order valence-electron chi connectivity index (χ0n) is 13.1. The number of H-pyrrole nitrogens is 2. The summed E-state index contributed by atoms with van der Waals surface area (Å²) in [7, 11) is 2.18. The summed E-state index contributed by atoms with van der Waals surface area (Å²) in [5.74, 6) is 0.902. The van der Waals surface area contributed by atoms with Crippen LogP contribution in [0.2, 0.25) is 0 Å². The number of rotatable bonds is 2. The van der Waals surface area contributed by atoms with E-state index in [1.54, 1.807) is 0 Å². The van der Waals surface area contributed by atoms with Crippen LogP contribution in [0.4, 0.5) is 5.69 Å². The molecular weight excluding hydrogens is 274 g/mol. The van der Waals surface area contributed by atoms with E-state index in [1.807, 2.05) is 18.3 Å². The fourth-order valence-electron chi connectivity index (χ4n) is 3.12. The Balaban J connectivity index is 1.73. The second-order valence-corrected chi connectivity index (χ2v) is 6.12. The topological polar surface area (TPSA) is 51.0 Å². The van der Waals surface area contributed by atoms with Crippen molar-refractivity contribution in [1.29, 1.82) is 0 Å². The molecule has 5 heteroatoms. The molecule has 0 amide bonds. The summed E-state index contributed by atoms with van der Waals surface area (Å²) < 4.78 is 0. The Morgan fingerprint density at radius 3 is 2.68 bits per heavy atom. The van der Waals surface area contributed by atoms with Crippen molar-refractivity contribution in [3.05, 3.63) is 36.0 Å². The number of likely N-dealkylation sites (N-methyl/N-ethyl adjacent to an activating group) is 1. The van der Waals surface area contributed by atoms with E-state index in [-0.39, 0.29) is 0 Å². The molecule has 1 aliphatic heterocycles. The van der Waals surface area contributed by atoms with Crippen molar-refractivity contribution in [1.82, 2.24) is 19.9 Å². The number of nitrogens with zero attached hydrogens (tertiary/aromatic N) is 3. The second kappa shape index (κ2) is 5.18. The lowest BCUT2D eigenvalue weighted by atomic mass is 10.1.